The second-order valence-corrected chi connectivity index (χ2v) is 5.33. The number of carbonyl (C=O) groups is 2. The third-order valence-electron chi connectivity index (χ3n) is 3.55. The fourth-order valence-electron chi connectivity index (χ4n) is 2.22. The van der Waals surface area contributed by atoms with Crippen molar-refractivity contribution in [1.29, 1.82) is 0 Å². The number of alkyl carbamates (subject to hydrolysis) is 1. The van der Waals surface area contributed by atoms with E-state index in [9.17, 15) is 9.59 Å². The molecule has 0 unspecified atom stereocenters. The van der Waals surface area contributed by atoms with Crippen molar-refractivity contribution in [2.75, 3.05) is 7.11 Å². The second kappa shape index (κ2) is 9.14. The zero-order chi connectivity index (χ0) is 18.1. The molecule has 0 aliphatic heterocycles. The lowest BCUT2D eigenvalue weighted by atomic mass is 10.0. The van der Waals surface area contributed by atoms with E-state index in [1.807, 2.05) is 42.5 Å². The number of benzene rings is 2. The van der Waals surface area contributed by atoms with Crippen molar-refractivity contribution in [3.05, 3.63) is 71.3 Å². The molecular formula is C20H19NO4. The van der Waals surface area contributed by atoms with E-state index in [0.717, 1.165) is 16.7 Å². The summed E-state index contributed by atoms with van der Waals surface area (Å²) in [6.07, 6.45) is 4.92. The van der Waals surface area contributed by atoms with E-state index < -0.39 is 18.1 Å². The second-order valence-electron chi connectivity index (χ2n) is 5.33. The van der Waals surface area contributed by atoms with Gasteiger partial charge in [0.05, 0.1) is 7.11 Å². The zero-order valence-corrected chi connectivity index (χ0v) is 13.9. The molecule has 0 heterocycles. The summed E-state index contributed by atoms with van der Waals surface area (Å²) in [5.41, 5.74) is 2.45. The Hall–Kier alpha value is -3.26. The minimum atomic E-state index is -0.843. The van der Waals surface area contributed by atoms with Crippen LogP contribution < -0.4 is 5.32 Å². The molecule has 25 heavy (non-hydrogen) atoms. The van der Waals surface area contributed by atoms with Gasteiger partial charge in [-0.15, -0.1) is 6.42 Å². The Kier molecular flexibility index (Phi) is 6.61. The Morgan fingerprint density at radius 2 is 1.76 bits per heavy atom. The first-order valence-electron chi connectivity index (χ1n) is 7.73. The van der Waals surface area contributed by atoms with Crippen LogP contribution in [0.25, 0.3) is 0 Å². The predicted octanol–water partition coefficient (Wildman–Crippen LogP) is 2.68. The number of hydrogen-bond acceptors (Lipinski definition) is 4. The van der Waals surface area contributed by atoms with Crippen molar-refractivity contribution in [2.24, 2.45) is 0 Å². The maximum atomic E-state index is 12.0. The van der Waals surface area contributed by atoms with Gasteiger partial charge in [0.15, 0.2) is 0 Å². The molecule has 0 aliphatic rings. The molecule has 0 saturated heterocycles. The Labute approximate surface area is 147 Å². The first-order valence-corrected chi connectivity index (χ1v) is 7.73. The summed E-state index contributed by atoms with van der Waals surface area (Å²) in [6.45, 7) is 0.122. The molecule has 2 rings (SSSR count). The smallest absolute Gasteiger partial charge is 0.408 e. The average Bonchev–Trinajstić information content (AvgIpc) is 2.66. The van der Waals surface area contributed by atoms with Crippen molar-refractivity contribution < 1.29 is 19.1 Å². The molecule has 0 radical (unpaired) electrons. The van der Waals surface area contributed by atoms with Crippen LogP contribution in [-0.4, -0.2) is 25.2 Å². The van der Waals surface area contributed by atoms with Gasteiger partial charge in [0.25, 0.3) is 0 Å². The lowest BCUT2D eigenvalue weighted by molar-refractivity contribution is -0.143. The predicted molar refractivity (Wildman–Crippen MR) is 93.6 cm³/mol. The monoisotopic (exact) mass is 337 g/mol. The highest BCUT2D eigenvalue weighted by atomic mass is 16.6. The van der Waals surface area contributed by atoms with E-state index in [4.69, 9.17) is 15.9 Å². The number of terminal acetylenes is 1. The minimum absolute atomic E-state index is 0.122. The average molecular weight is 337 g/mol. The number of esters is 1. The number of amides is 1. The van der Waals surface area contributed by atoms with E-state index in [1.165, 1.54) is 7.11 Å². The first kappa shape index (κ1) is 18.1. The number of hydrogen-bond donors (Lipinski definition) is 1. The van der Waals surface area contributed by atoms with Crippen LogP contribution in [0, 0.1) is 12.3 Å². The Morgan fingerprint density at radius 1 is 1.08 bits per heavy atom. The Morgan fingerprint density at radius 3 is 2.36 bits per heavy atom. The van der Waals surface area contributed by atoms with Gasteiger partial charge >= 0.3 is 12.1 Å². The molecule has 2 aromatic carbocycles. The van der Waals surface area contributed by atoms with Crippen LogP contribution in [0.5, 0.6) is 0 Å². The van der Waals surface area contributed by atoms with Crippen LogP contribution in [0.2, 0.25) is 0 Å². The highest BCUT2D eigenvalue weighted by Crippen LogP contribution is 2.08. The molecule has 1 atom stereocenters. The van der Waals surface area contributed by atoms with Gasteiger partial charge in [-0.25, -0.2) is 9.59 Å². The number of carbonyl (C=O) groups excluding carboxylic acids is 2. The third-order valence-corrected chi connectivity index (χ3v) is 3.55. The molecule has 128 valence electrons. The van der Waals surface area contributed by atoms with E-state index in [-0.39, 0.29) is 13.0 Å². The fourth-order valence-corrected chi connectivity index (χ4v) is 2.22. The highest BCUT2D eigenvalue weighted by molar-refractivity contribution is 5.81. The van der Waals surface area contributed by atoms with E-state index in [2.05, 4.69) is 11.2 Å². The van der Waals surface area contributed by atoms with Crippen molar-refractivity contribution in [2.45, 2.75) is 19.1 Å². The summed E-state index contributed by atoms with van der Waals surface area (Å²) in [5, 5.41) is 2.54. The van der Waals surface area contributed by atoms with Gasteiger partial charge in [-0.3, -0.25) is 0 Å². The van der Waals surface area contributed by atoms with Crippen molar-refractivity contribution >= 4 is 12.1 Å². The van der Waals surface area contributed by atoms with Gasteiger partial charge in [-0.05, 0) is 23.3 Å². The van der Waals surface area contributed by atoms with Crippen LogP contribution in [0.15, 0.2) is 54.6 Å². The molecule has 0 fully saturated rings. The van der Waals surface area contributed by atoms with Gasteiger partial charge < -0.3 is 14.8 Å². The standard InChI is InChI=1S/C20H19NO4/c1-3-15-9-11-16(12-10-15)13-18(19(22)24-2)21-20(23)25-14-17-7-5-4-6-8-17/h1,4-12,18H,13-14H2,2H3,(H,21,23)/t18-/m0/s1. The van der Waals surface area contributed by atoms with Crippen molar-refractivity contribution in [3.8, 4) is 12.3 Å². The van der Waals surface area contributed by atoms with Gasteiger partial charge in [0.2, 0.25) is 0 Å². The van der Waals surface area contributed by atoms with Crippen LogP contribution in [-0.2, 0) is 27.3 Å². The topological polar surface area (TPSA) is 64.6 Å². The molecule has 0 saturated carbocycles. The zero-order valence-electron chi connectivity index (χ0n) is 13.9. The maximum absolute atomic E-state index is 12.0. The Bertz CT molecular complexity index is 748. The summed E-state index contributed by atoms with van der Waals surface area (Å²) in [5.74, 6) is 1.98. The first-order chi connectivity index (χ1) is 12.1. The molecule has 1 amide bonds. The molecule has 0 bridgehead atoms. The normalized spacial score (nSPS) is 11.0. The fraction of sp³-hybridized carbons (Fsp3) is 0.200. The highest BCUT2D eigenvalue weighted by Gasteiger charge is 2.22. The molecule has 0 aliphatic carbocycles. The quantitative estimate of drug-likeness (QED) is 0.650. The van der Waals surface area contributed by atoms with Crippen molar-refractivity contribution in [3.63, 3.8) is 0 Å². The van der Waals surface area contributed by atoms with Crippen molar-refractivity contribution in [1.82, 2.24) is 5.32 Å². The summed E-state index contributed by atoms with van der Waals surface area (Å²) < 4.78 is 9.89. The van der Waals surface area contributed by atoms with Gasteiger partial charge in [-0.1, -0.05) is 48.4 Å². The van der Waals surface area contributed by atoms with Gasteiger partial charge in [-0.2, -0.15) is 0 Å². The minimum Gasteiger partial charge on any atom is -0.467 e. The van der Waals surface area contributed by atoms with E-state index >= 15 is 0 Å². The number of nitrogens with one attached hydrogen (secondary N) is 1. The van der Waals surface area contributed by atoms with E-state index in [0.29, 0.717) is 0 Å². The summed E-state index contributed by atoms with van der Waals surface area (Å²) in [6, 6.07) is 15.6. The number of methoxy groups -OCH3 is 1. The summed E-state index contributed by atoms with van der Waals surface area (Å²) in [4.78, 5) is 23.9. The largest absolute Gasteiger partial charge is 0.467 e. The van der Waals surface area contributed by atoms with E-state index in [1.54, 1.807) is 12.1 Å². The van der Waals surface area contributed by atoms with Crippen LogP contribution in [0.3, 0.4) is 0 Å². The maximum Gasteiger partial charge on any atom is 0.408 e. The molecule has 5 heteroatoms. The Balaban J connectivity index is 1.95. The molecule has 5 nitrogen and oxygen atoms in total. The van der Waals surface area contributed by atoms with Gasteiger partial charge in [0, 0.05) is 12.0 Å². The van der Waals surface area contributed by atoms with Crippen LogP contribution in [0.4, 0.5) is 4.79 Å². The molecule has 0 spiro atoms. The summed E-state index contributed by atoms with van der Waals surface area (Å²) >= 11 is 0. The lowest BCUT2D eigenvalue weighted by Crippen LogP contribution is -2.43. The van der Waals surface area contributed by atoms with Gasteiger partial charge in [0.1, 0.15) is 12.6 Å². The lowest BCUT2D eigenvalue weighted by Gasteiger charge is -2.16. The molecule has 2 aromatic rings. The molecular weight excluding hydrogens is 318 g/mol. The summed E-state index contributed by atoms with van der Waals surface area (Å²) in [7, 11) is 1.27. The third kappa shape index (κ3) is 5.70. The van der Waals surface area contributed by atoms with Crippen LogP contribution in [0.1, 0.15) is 16.7 Å². The SMILES string of the molecule is C#Cc1ccc(C[C@H](NC(=O)OCc2ccccc2)C(=O)OC)cc1. The number of ether oxygens (including phenoxy) is 2. The molecule has 0 aromatic heterocycles. The van der Waals surface area contributed by atoms with Crippen LogP contribution >= 0.6 is 0 Å². The molecule has 1 N–H and O–H groups in total. The number of rotatable bonds is 6.